The molecule has 19 heavy (non-hydrogen) atoms. The quantitative estimate of drug-likeness (QED) is 0.651. The van der Waals surface area contributed by atoms with Crippen LogP contribution in [0.25, 0.3) is 0 Å². The van der Waals surface area contributed by atoms with Gasteiger partial charge in [-0.05, 0) is 18.8 Å². The van der Waals surface area contributed by atoms with E-state index in [-0.39, 0.29) is 10.6 Å². The van der Waals surface area contributed by atoms with Crippen molar-refractivity contribution in [3.63, 3.8) is 0 Å². The van der Waals surface area contributed by atoms with Crippen LogP contribution in [0.5, 0.6) is 0 Å². The standard InChI is InChI=1S/C15H22N2O2/c1-2-12-6-5-8-14(10-12)16-11-13-7-3-4-9-15(13)17(18)19/h3-4,7,9,12,14,16H,2,5-6,8,10-11H2,1H3. The molecule has 0 aliphatic heterocycles. The molecule has 4 nitrogen and oxygen atoms in total. The fraction of sp³-hybridized carbons (Fsp3) is 0.600. The molecule has 1 fully saturated rings. The summed E-state index contributed by atoms with van der Waals surface area (Å²) in [4.78, 5) is 10.7. The Morgan fingerprint density at radius 3 is 2.89 bits per heavy atom. The summed E-state index contributed by atoms with van der Waals surface area (Å²) in [6.45, 7) is 2.84. The molecule has 1 saturated carbocycles. The van der Waals surface area contributed by atoms with Gasteiger partial charge in [0.15, 0.2) is 0 Å². The number of nitro benzene ring substituents is 1. The predicted molar refractivity (Wildman–Crippen MR) is 76.0 cm³/mol. The molecule has 1 aliphatic rings. The molecular weight excluding hydrogens is 240 g/mol. The molecule has 0 bridgehead atoms. The third kappa shape index (κ3) is 3.77. The van der Waals surface area contributed by atoms with E-state index in [2.05, 4.69) is 12.2 Å². The molecule has 1 N–H and O–H groups in total. The minimum Gasteiger partial charge on any atom is -0.310 e. The van der Waals surface area contributed by atoms with E-state index in [9.17, 15) is 10.1 Å². The van der Waals surface area contributed by atoms with Gasteiger partial charge in [0, 0.05) is 24.2 Å². The largest absolute Gasteiger partial charge is 0.310 e. The molecule has 0 saturated heterocycles. The van der Waals surface area contributed by atoms with E-state index >= 15 is 0 Å². The third-order valence-electron chi connectivity index (χ3n) is 4.13. The number of hydrogen-bond donors (Lipinski definition) is 1. The van der Waals surface area contributed by atoms with Gasteiger partial charge in [0.1, 0.15) is 0 Å². The van der Waals surface area contributed by atoms with Crippen molar-refractivity contribution >= 4 is 5.69 Å². The van der Waals surface area contributed by atoms with Crippen molar-refractivity contribution in [1.82, 2.24) is 5.32 Å². The maximum atomic E-state index is 10.9. The molecule has 2 rings (SSSR count). The smallest absolute Gasteiger partial charge is 0.273 e. The highest BCUT2D eigenvalue weighted by atomic mass is 16.6. The van der Waals surface area contributed by atoms with Gasteiger partial charge in [0.2, 0.25) is 0 Å². The maximum absolute atomic E-state index is 10.9. The van der Waals surface area contributed by atoms with Gasteiger partial charge in [-0.2, -0.15) is 0 Å². The molecule has 2 unspecified atom stereocenters. The minimum atomic E-state index is -0.299. The Balaban J connectivity index is 1.93. The zero-order valence-corrected chi connectivity index (χ0v) is 11.5. The van der Waals surface area contributed by atoms with Gasteiger partial charge in [0.05, 0.1) is 4.92 Å². The van der Waals surface area contributed by atoms with Gasteiger partial charge in [0.25, 0.3) is 5.69 Å². The first-order valence-electron chi connectivity index (χ1n) is 7.16. The average molecular weight is 262 g/mol. The van der Waals surface area contributed by atoms with Crippen LogP contribution >= 0.6 is 0 Å². The Labute approximate surface area is 114 Å². The SMILES string of the molecule is CCC1CCCC(NCc2ccccc2[N+](=O)[O-])C1. The lowest BCUT2D eigenvalue weighted by molar-refractivity contribution is -0.385. The van der Waals surface area contributed by atoms with Gasteiger partial charge in [-0.3, -0.25) is 10.1 Å². The van der Waals surface area contributed by atoms with Crippen LogP contribution in [0.4, 0.5) is 5.69 Å². The fourth-order valence-electron chi connectivity index (χ4n) is 2.94. The number of hydrogen-bond acceptors (Lipinski definition) is 3. The number of nitrogens with zero attached hydrogens (tertiary/aromatic N) is 1. The summed E-state index contributed by atoms with van der Waals surface area (Å²) in [5.41, 5.74) is 1.00. The Hall–Kier alpha value is -1.42. The van der Waals surface area contributed by atoms with E-state index in [1.54, 1.807) is 12.1 Å². The Kier molecular flexibility index (Phi) is 4.91. The second kappa shape index (κ2) is 6.66. The van der Waals surface area contributed by atoms with Crippen molar-refractivity contribution in [2.75, 3.05) is 0 Å². The fourth-order valence-corrected chi connectivity index (χ4v) is 2.94. The van der Waals surface area contributed by atoms with Crippen LogP contribution in [-0.2, 0) is 6.54 Å². The molecule has 1 aromatic rings. The van der Waals surface area contributed by atoms with Crippen LogP contribution in [0.3, 0.4) is 0 Å². The van der Waals surface area contributed by atoms with Gasteiger partial charge in [-0.25, -0.2) is 0 Å². The highest BCUT2D eigenvalue weighted by molar-refractivity contribution is 5.39. The molecular formula is C15H22N2O2. The Bertz CT molecular complexity index is 434. The number of rotatable bonds is 5. The van der Waals surface area contributed by atoms with Crippen molar-refractivity contribution in [2.45, 2.75) is 51.6 Å². The molecule has 0 radical (unpaired) electrons. The van der Waals surface area contributed by atoms with Crippen LogP contribution < -0.4 is 5.32 Å². The topological polar surface area (TPSA) is 55.2 Å². The number of nitrogens with one attached hydrogen (secondary N) is 1. The second-order valence-corrected chi connectivity index (χ2v) is 5.40. The number of nitro groups is 1. The normalized spacial score (nSPS) is 23.2. The lowest BCUT2D eigenvalue weighted by Gasteiger charge is -2.29. The maximum Gasteiger partial charge on any atom is 0.273 e. The van der Waals surface area contributed by atoms with E-state index in [1.165, 1.54) is 32.1 Å². The van der Waals surface area contributed by atoms with Crippen molar-refractivity contribution < 1.29 is 4.92 Å². The van der Waals surface area contributed by atoms with Crippen LogP contribution in [0, 0.1) is 16.0 Å². The second-order valence-electron chi connectivity index (χ2n) is 5.40. The first-order chi connectivity index (χ1) is 9.20. The monoisotopic (exact) mass is 262 g/mol. The van der Waals surface area contributed by atoms with E-state index in [4.69, 9.17) is 0 Å². The minimum absolute atomic E-state index is 0.220. The summed E-state index contributed by atoms with van der Waals surface area (Å²) in [6, 6.07) is 7.51. The molecule has 4 heteroatoms. The van der Waals surface area contributed by atoms with Gasteiger partial charge < -0.3 is 5.32 Å². The summed E-state index contributed by atoms with van der Waals surface area (Å²) in [6.07, 6.45) is 6.24. The Morgan fingerprint density at radius 1 is 1.37 bits per heavy atom. The number of benzene rings is 1. The molecule has 0 spiro atoms. The highest BCUT2D eigenvalue weighted by Crippen LogP contribution is 2.27. The lowest BCUT2D eigenvalue weighted by Crippen LogP contribution is -2.33. The summed E-state index contributed by atoms with van der Waals surface area (Å²) in [5.74, 6) is 0.817. The van der Waals surface area contributed by atoms with Gasteiger partial charge in [-0.1, -0.05) is 44.4 Å². The molecule has 104 valence electrons. The Morgan fingerprint density at radius 2 is 2.16 bits per heavy atom. The highest BCUT2D eigenvalue weighted by Gasteiger charge is 2.21. The van der Waals surface area contributed by atoms with Crippen LogP contribution in [-0.4, -0.2) is 11.0 Å². The van der Waals surface area contributed by atoms with Crippen molar-refractivity contribution in [1.29, 1.82) is 0 Å². The predicted octanol–water partition coefficient (Wildman–Crippen LogP) is 3.65. The zero-order valence-electron chi connectivity index (χ0n) is 11.5. The molecule has 1 aromatic carbocycles. The van der Waals surface area contributed by atoms with Gasteiger partial charge in [-0.15, -0.1) is 0 Å². The van der Waals surface area contributed by atoms with E-state index < -0.39 is 0 Å². The summed E-state index contributed by atoms with van der Waals surface area (Å²) in [7, 11) is 0. The van der Waals surface area contributed by atoms with Crippen molar-refractivity contribution in [2.24, 2.45) is 5.92 Å². The van der Waals surface area contributed by atoms with Crippen LogP contribution in [0.15, 0.2) is 24.3 Å². The van der Waals surface area contributed by atoms with Crippen LogP contribution in [0.1, 0.15) is 44.6 Å². The number of para-hydroxylation sites is 1. The van der Waals surface area contributed by atoms with Crippen LogP contribution in [0.2, 0.25) is 0 Å². The third-order valence-corrected chi connectivity index (χ3v) is 4.13. The first-order valence-corrected chi connectivity index (χ1v) is 7.16. The average Bonchev–Trinajstić information content (AvgIpc) is 2.45. The summed E-state index contributed by atoms with van der Waals surface area (Å²) in [5, 5.41) is 14.4. The zero-order chi connectivity index (χ0) is 13.7. The lowest BCUT2D eigenvalue weighted by atomic mass is 9.84. The molecule has 0 heterocycles. The van der Waals surface area contributed by atoms with E-state index in [1.807, 2.05) is 12.1 Å². The van der Waals surface area contributed by atoms with E-state index in [0.717, 1.165) is 11.5 Å². The molecule has 1 aliphatic carbocycles. The van der Waals surface area contributed by atoms with Crippen molar-refractivity contribution in [3.8, 4) is 0 Å². The first kappa shape index (κ1) is 14.0. The molecule has 0 aromatic heterocycles. The molecule has 0 amide bonds. The van der Waals surface area contributed by atoms with E-state index in [0.29, 0.717) is 12.6 Å². The van der Waals surface area contributed by atoms with Gasteiger partial charge >= 0.3 is 0 Å². The summed E-state index contributed by atoms with van der Waals surface area (Å²) >= 11 is 0. The molecule has 2 atom stereocenters. The summed E-state index contributed by atoms with van der Waals surface area (Å²) < 4.78 is 0. The van der Waals surface area contributed by atoms with Crippen molar-refractivity contribution in [3.05, 3.63) is 39.9 Å².